The van der Waals surface area contributed by atoms with Gasteiger partial charge in [-0.3, -0.25) is 10.00 Å². The van der Waals surface area contributed by atoms with Crippen molar-refractivity contribution in [3.05, 3.63) is 48.2 Å². The fourth-order valence-corrected chi connectivity index (χ4v) is 4.05. The minimum absolute atomic E-state index is 0.0225. The Labute approximate surface area is 187 Å². The number of rotatable bonds is 4. The van der Waals surface area contributed by atoms with Crippen LogP contribution in [0.3, 0.4) is 0 Å². The standard InChI is InChI=1S/C23H31N7O2/c1-3-11-30-12-10-19(29-30)18-7-5-4-6-17(24)22-25-14-21(28-22)16-9-8-15(13-20(16)27-18)26-23(31)32-2/h8-10,12-14,17-18,27H,3-7,11,24H2,1-2H3,(H,25,28)(H,26,31)/t17-,18+/m0/s1. The van der Waals surface area contributed by atoms with Crippen LogP contribution >= 0.6 is 0 Å². The van der Waals surface area contributed by atoms with Crippen molar-refractivity contribution in [3.63, 3.8) is 0 Å². The highest BCUT2D eigenvalue weighted by molar-refractivity contribution is 5.88. The van der Waals surface area contributed by atoms with Gasteiger partial charge < -0.3 is 20.8 Å². The van der Waals surface area contributed by atoms with Gasteiger partial charge in [0.05, 0.1) is 30.6 Å². The molecule has 0 aliphatic carbocycles. The zero-order valence-corrected chi connectivity index (χ0v) is 18.6. The van der Waals surface area contributed by atoms with Gasteiger partial charge in [-0.2, -0.15) is 5.10 Å². The molecule has 1 aromatic carbocycles. The van der Waals surface area contributed by atoms with E-state index in [1.54, 1.807) is 0 Å². The van der Waals surface area contributed by atoms with Crippen molar-refractivity contribution >= 4 is 17.5 Å². The number of carbonyl (C=O) groups excluding carboxylic acids is 1. The zero-order valence-electron chi connectivity index (χ0n) is 18.6. The van der Waals surface area contributed by atoms with Gasteiger partial charge in [-0.25, -0.2) is 9.78 Å². The predicted molar refractivity (Wildman–Crippen MR) is 124 cm³/mol. The molecular weight excluding hydrogens is 406 g/mol. The second-order valence-electron chi connectivity index (χ2n) is 8.14. The number of ether oxygens (including phenoxy) is 1. The molecule has 0 saturated carbocycles. The van der Waals surface area contributed by atoms with Gasteiger partial charge in [0.15, 0.2) is 0 Å². The van der Waals surface area contributed by atoms with Crippen LogP contribution in [0.4, 0.5) is 16.2 Å². The average Bonchev–Trinajstić information content (AvgIpc) is 3.45. The van der Waals surface area contributed by atoms with Crippen LogP contribution in [0.25, 0.3) is 11.3 Å². The summed E-state index contributed by atoms with van der Waals surface area (Å²) in [5.74, 6) is 0.790. The summed E-state index contributed by atoms with van der Waals surface area (Å²) in [6.07, 6.45) is 8.23. The first-order chi connectivity index (χ1) is 15.6. The van der Waals surface area contributed by atoms with Crippen molar-refractivity contribution in [2.75, 3.05) is 17.7 Å². The van der Waals surface area contributed by atoms with E-state index in [4.69, 9.17) is 20.6 Å². The number of amides is 1. The van der Waals surface area contributed by atoms with Crippen LogP contribution in [0, 0.1) is 0 Å². The van der Waals surface area contributed by atoms with Crippen molar-refractivity contribution < 1.29 is 9.53 Å². The van der Waals surface area contributed by atoms with E-state index in [1.807, 2.05) is 35.3 Å². The van der Waals surface area contributed by atoms with E-state index in [0.29, 0.717) is 5.69 Å². The van der Waals surface area contributed by atoms with Crippen molar-refractivity contribution in [1.82, 2.24) is 19.7 Å². The van der Waals surface area contributed by atoms with Crippen molar-refractivity contribution in [2.45, 2.75) is 57.7 Å². The Hall–Kier alpha value is -3.33. The van der Waals surface area contributed by atoms with E-state index >= 15 is 0 Å². The lowest BCUT2D eigenvalue weighted by atomic mass is 10.0. The minimum Gasteiger partial charge on any atom is -0.453 e. The molecule has 0 fully saturated rings. The molecule has 1 aliphatic rings. The Morgan fingerprint density at radius 1 is 1.31 bits per heavy atom. The van der Waals surface area contributed by atoms with Crippen LogP contribution in [0.2, 0.25) is 0 Å². The molecule has 4 rings (SSSR count). The summed E-state index contributed by atoms with van der Waals surface area (Å²) in [5.41, 5.74) is 10.6. The summed E-state index contributed by atoms with van der Waals surface area (Å²) in [7, 11) is 1.35. The second-order valence-corrected chi connectivity index (χ2v) is 8.14. The fourth-order valence-electron chi connectivity index (χ4n) is 4.05. The number of fused-ring (bicyclic) bond motifs is 4. The highest BCUT2D eigenvalue weighted by Gasteiger charge is 2.21. The summed E-state index contributed by atoms with van der Waals surface area (Å²) in [5, 5.41) is 11.2. The number of hydrogen-bond donors (Lipinski definition) is 4. The molecule has 0 saturated heterocycles. The first kappa shape index (κ1) is 21.9. The molecule has 170 valence electrons. The number of nitrogens with two attached hydrogens (primary N) is 1. The molecule has 1 aliphatic heterocycles. The molecule has 9 nitrogen and oxygen atoms in total. The number of aromatic nitrogens is 4. The molecule has 2 bridgehead atoms. The van der Waals surface area contributed by atoms with E-state index in [1.165, 1.54) is 7.11 Å². The maximum atomic E-state index is 11.7. The first-order valence-corrected chi connectivity index (χ1v) is 11.2. The lowest BCUT2D eigenvalue weighted by Gasteiger charge is -2.22. The van der Waals surface area contributed by atoms with E-state index in [2.05, 4.69) is 28.6 Å². The van der Waals surface area contributed by atoms with Gasteiger partial charge in [-0.1, -0.05) is 19.8 Å². The summed E-state index contributed by atoms with van der Waals surface area (Å²) in [6, 6.07) is 7.66. The molecule has 0 radical (unpaired) electrons. The molecule has 0 unspecified atom stereocenters. The van der Waals surface area contributed by atoms with Crippen molar-refractivity contribution in [2.24, 2.45) is 5.73 Å². The lowest BCUT2D eigenvalue weighted by molar-refractivity contribution is 0.187. The summed E-state index contributed by atoms with van der Waals surface area (Å²) in [6.45, 7) is 3.03. The number of imidazole rings is 1. The van der Waals surface area contributed by atoms with Crippen molar-refractivity contribution in [3.8, 4) is 11.3 Å². The normalized spacial score (nSPS) is 18.6. The van der Waals surface area contributed by atoms with Crippen LogP contribution in [0.5, 0.6) is 0 Å². The zero-order chi connectivity index (χ0) is 22.5. The summed E-state index contributed by atoms with van der Waals surface area (Å²) >= 11 is 0. The Balaban J connectivity index is 1.73. The van der Waals surface area contributed by atoms with E-state index in [9.17, 15) is 4.79 Å². The molecule has 3 aromatic rings. The molecule has 1 amide bonds. The number of benzene rings is 1. The molecule has 5 N–H and O–H groups in total. The second kappa shape index (κ2) is 9.86. The Kier molecular flexibility index (Phi) is 6.75. The average molecular weight is 438 g/mol. The minimum atomic E-state index is -0.513. The van der Waals surface area contributed by atoms with Crippen LogP contribution in [0.15, 0.2) is 36.7 Å². The van der Waals surface area contributed by atoms with Gasteiger partial charge in [0, 0.05) is 35.9 Å². The topological polar surface area (TPSA) is 123 Å². The quantitative estimate of drug-likeness (QED) is 0.473. The van der Waals surface area contributed by atoms with E-state index < -0.39 is 6.09 Å². The van der Waals surface area contributed by atoms with Crippen LogP contribution < -0.4 is 16.4 Å². The van der Waals surface area contributed by atoms with Crippen LogP contribution in [0.1, 0.15) is 62.6 Å². The lowest BCUT2D eigenvalue weighted by Crippen LogP contribution is -2.16. The van der Waals surface area contributed by atoms with E-state index in [0.717, 1.165) is 67.1 Å². The largest absolute Gasteiger partial charge is 0.453 e. The number of H-pyrrole nitrogens is 1. The Morgan fingerprint density at radius 3 is 2.97 bits per heavy atom. The maximum Gasteiger partial charge on any atom is 0.411 e. The Morgan fingerprint density at radius 2 is 2.16 bits per heavy atom. The number of hydrogen-bond acceptors (Lipinski definition) is 6. The molecule has 3 heterocycles. The smallest absolute Gasteiger partial charge is 0.411 e. The van der Waals surface area contributed by atoms with E-state index in [-0.39, 0.29) is 12.1 Å². The van der Waals surface area contributed by atoms with Gasteiger partial charge in [-0.15, -0.1) is 0 Å². The Bertz CT molecular complexity index is 1060. The monoisotopic (exact) mass is 437 g/mol. The molecule has 0 spiro atoms. The van der Waals surface area contributed by atoms with Gasteiger partial charge in [0.1, 0.15) is 5.82 Å². The number of carbonyl (C=O) groups is 1. The number of methoxy groups -OCH3 is 1. The molecule has 2 atom stereocenters. The summed E-state index contributed by atoms with van der Waals surface area (Å²) in [4.78, 5) is 19.7. The number of anilines is 2. The van der Waals surface area contributed by atoms with Crippen molar-refractivity contribution in [1.29, 1.82) is 0 Å². The van der Waals surface area contributed by atoms with Gasteiger partial charge in [0.2, 0.25) is 0 Å². The van der Waals surface area contributed by atoms with Gasteiger partial charge in [-0.05, 0) is 43.5 Å². The highest BCUT2D eigenvalue weighted by Crippen LogP contribution is 2.35. The maximum absolute atomic E-state index is 11.7. The van der Waals surface area contributed by atoms with Gasteiger partial charge >= 0.3 is 6.09 Å². The third-order valence-corrected chi connectivity index (χ3v) is 5.73. The van der Waals surface area contributed by atoms with Crippen LogP contribution in [-0.4, -0.2) is 33.0 Å². The SMILES string of the molecule is CCCn1ccc([C@H]2CCCC[C@H](N)c3nc(c[nH]3)-c3ccc(NC(=O)OC)cc3N2)n1. The molecular formula is C23H31N7O2. The number of aryl methyl sites for hydroxylation is 1. The highest BCUT2D eigenvalue weighted by atomic mass is 16.5. The number of nitrogens with zero attached hydrogens (tertiary/aromatic N) is 3. The molecule has 2 aromatic heterocycles. The fraction of sp³-hybridized carbons (Fsp3) is 0.435. The van der Waals surface area contributed by atoms with Gasteiger partial charge in [0.25, 0.3) is 0 Å². The molecule has 32 heavy (non-hydrogen) atoms. The number of aromatic amines is 1. The third kappa shape index (κ3) is 4.94. The summed E-state index contributed by atoms with van der Waals surface area (Å²) < 4.78 is 6.73. The predicted octanol–water partition coefficient (Wildman–Crippen LogP) is 4.59. The van der Waals surface area contributed by atoms with Crippen LogP contribution in [-0.2, 0) is 11.3 Å². The number of nitrogens with one attached hydrogen (secondary N) is 3. The third-order valence-electron chi connectivity index (χ3n) is 5.73. The molecule has 9 heteroatoms. The first-order valence-electron chi connectivity index (χ1n) is 11.2.